The van der Waals surface area contributed by atoms with Gasteiger partial charge in [0.25, 0.3) is 0 Å². The van der Waals surface area contributed by atoms with Crippen molar-refractivity contribution in [3.8, 4) is 0 Å². The number of nitrogens with one attached hydrogen (secondary N) is 1. The molecule has 0 aliphatic heterocycles. The minimum Gasteiger partial charge on any atom is -0.444 e. The summed E-state index contributed by atoms with van der Waals surface area (Å²) in [6, 6.07) is 0. The van der Waals surface area contributed by atoms with Gasteiger partial charge in [0.15, 0.2) is 0 Å². The zero-order valence-electron chi connectivity index (χ0n) is 17.4. The normalized spacial score (nSPS) is 12.1. The quantitative estimate of drug-likeness (QED) is 0.271. The summed E-state index contributed by atoms with van der Waals surface area (Å²) >= 11 is 1.84. The monoisotopic (exact) mass is 388 g/mol. The van der Waals surface area contributed by atoms with E-state index in [1.807, 2.05) is 11.8 Å². The molecule has 156 valence electrons. The second kappa shape index (κ2) is 20.9. The summed E-state index contributed by atoms with van der Waals surface area (Å²) in [7, 11) is 1.57. The van der Waals surface area contributed by atoms with Gasteiger partial charge in [-0.25, -0.2) is 4.79 Å². The van der Waals surface area contributed by atoms with E-state index < -0.39 is 6.09 Å². The molecule has 0 saturated carbocycles. The highest BCUT2D eigenvalue weighted by atomic mass is 32.2. The first-order chi connectivity index (χ1) is 12.7. The van der Waals surface area contributed by atoms with Gasteiger partial charge in [-0.15, -0.1) is 0 Å². The average molecular weight is 389 g/mol. The van der Waals surface area contributed by atoms with Crippen LogP contribution in [0.15, 0.2) is 0 Å². The third-order valence-electron chi connectivity index (χ3n) is 4.69. The predicted molar refractivity (Wildman–Crippen MR) is 116 cm³/mol. The summed E-state index contributed by atoms with van der Waals surface area (Å²) in [4.78, 5) is 11.2. The van der Waals surface area contributed by atoms with Gasteiger partial charge in [0.1, 0.15) is 6.10 Å². The van der Waals surface area contributed by atoms with Crippen molar-refractivity contribution in [3.63, 3.8) is 0 Å². The van der Waals surface area contributed by atoms with E-state index in [0.29, 0.717) is 6.54 Å². The van der Waals surface area contributed by atoms with Crippen molar-refractivity contribution < 1.29 is 9.53 Å². The molecule has 0 aromatic carbocycles. The minimum atomic E-state index is -0.391. The van der Waals surface area contributed by atoms with Crippen LogP contribution in [0.5, 0.6) is 0 Å². The van der Waals surface area contributed by atoms with Crippen molar-refractivity contribution in [1.29, 1.82) is 0 Å². The van der Waals surface area contributed by atoms with Crippen molar-refractivity contribution >= 4 is 17.9 Å². The Morgan fingerprint density at radius 1 is 0.885 bits per heavy atom. The molecule has 0 bridgehead atoms. The number of alkyl carbamates (subject to hydrolysis) is 1. The molecule has 1 atom stereocenters. The van der Waals surface area contributed by atoms with E-state index in [9.17, 15) is 4.79 Å². The van der Waals surface area contributed by atoms with Crippen LogP contribution in [0, 0.1) is 0 Å². The lowest BCUT2D eigenvalue weighted by atomic mass is 10.0. The molecule has 3 N–H and O–H groups in total. The van der Waals surface area contributed by atoms with E-state index >= 15 is 0 Å². The predicted octanol–water partition coefficient (Wildman–Crippen LogP) is 5.88. The van der Waals surface area contributed by atoms with Crippen LogP contribution in [0.1, 0.15) is 96.8 Å². The van der Waals surface area contributed by atoms with E-state index in [0.717, 1.165) is 11.5 Å². The van der Waals surface area contributed by atoms with Crippen LogP contribution in [-0.4, -0.2) is 37.3 Å². The average Bonchev–Trinajstić information content (AvgIpc) is 2.66. The number of ether oxygens (including phenoxy) is 1. The maximum Gasteiger partial charge on any atom is 0.407 e. The highest BCUT2D eigenvalue weighted by Gasteiger charge is 2.11. The van der Waals surface area contributed by atoms with Crippen LogP contribution in [0.4, 0.5) is 4.79 Å². The van der Waals surface area contributed by atoms with Crippen molar-refractivity contribution in [3.05, 3.63) is 0 Å². The molecular weight excluding hydrogens is 344 g/mol. The largest absolute Gasteiger partial charge is 0.444 e. The Balaban J connectivity index is 3.20. The first kappa shape index (κ1) is 25.6. The standard InChI is InChI=1S/C21H44N2O2S/c1-3-4-5-6-7-8-9-10-11-12-13-14-15-16-17-26-19-20(18-22)25-21(24)23-2/h20H,3-19,22H2,1-2H3,(H,23,24). The lowest BCUT2D eigenvalue weighted by molar-refractivity contribution is 0.115. The van der Waals surface area contributed by atoms with Gasteiger partial charge in [-0.2, -0.15) is 11.8 Å². The molecule has 1 amide bonds. The molecule has 1 unspecified atom stereocenters. The van der Waals surface area contributed by atoms with Crippen molar-refractivity contribution in [2.24, 2.45) is 5.73 Å². The zero-order chi connectivity index (χ0) is 19.3. The molecule has 0 heterocycles. The molecule has 0 aliphatic carbocycles. The van der Waals surface area contributed by atoms with E-state index in [2.05, 4.69) is 12.2 Å². The van der Waals surface area contributed by atoms with E-state index in [-0.39, 0.29) is 6.10 Å². The minimum absolute atomic E-state index is 0.174. The second-order valence-electron chi connectivity index (χ2n) is 7.18. The van der Waals surface area contributed by atoms with Crippen LogP contribution < -0.4 is 11.1 Å². The van der Waals surface area contributed by atoms with Gasteiger partial charge in [0.05, 0.1) is 0 Å². The highest BCUT2D eigenvalue weighted by Crippen LogP contribution is 2.14. The van der Waals surface area contributed by atoms with Crippen LogP contribution >= 0.6 is 11.8 Å². The van der Waals surface area contributed by atoms with Crippen molar-refractivity contribution in [2.45, 2.75) is 103 Å². The van der Waals surface area contributed by atoms with Crippen LogP contribution in [0.2, 0.25) is 0 Å². The van der Waals surface area contributed by atoms with Gasteiger partial charge in [-0.05, 0) is 12.2 Å². The fourth-order valence-corrected chi connectivity index (χ4v) is 4.02. The molecule has 0 saturated heterocycles. The Hall–Kier alpha value is -0.420. The molecule has 0 fully saturated rings. The summed E-state index contributed by atoms with van der Waals surface area (Å²) in [5.74, 6) is 1.92. The molecule has 0 aromatic heterocycles. The van der Waals surface area contributed by atoms with E-state index in [4.69, 9.17) is 10.5 Å². The molecule has 0 rings (SSSR count). The van der Waals surface area contributed by atoms with Gasteiger partial charge in [-0.1, -0.05) is 90.4 Å². The van der Waals surface area contributed by atoms with Crippen molar-refractivity contribution in [2.75, 3.05) is 25.1 Å². The second-order valence-corrected chi connectivity index (χ2v) is 8.33. The number of thioether (sulfide) groups is 1. The highest BCUT2D eigenvalue weighted by molar-refractivity contribution is 7.99. The topological polar surface area (TPSA) is 64.3 Å². The van der Waals surface area contributed by atoms with Gasteiger partial charge >= 0.3 is 6.09 Å². The van der Waals surface area contributed by atoms with Gasteiger partial charge in [0, 0.05) is 19.3 Å². The number of rotatable bonds is 19. The van der Waals surface area contributed by atoms with E-state index in [1.165, 1.54) is 89.9 Å². The lowest BCUT2D eigenvalue weighted by Gasteiger charge is -2.15. The van der Waals surface area contributed by atoms with Crippen LogP contribution in [0.3, 0.4) is 0 Å². The number of nitrogens with two attached hydrogens (primary N) is 1. The maximum absolute atomic E-state index is 11.2. The summed E-state index contributed by atoms with van der Waals surface area (Å²) in [5, 5.41) is 2.46. The SMILES string of the molecule is CCCCCCCCCCCCCCCCSCC(CN)OC(=O)NC. The third kappa shape index (κ3) is 18.4. The van der Waals surface area contributed by atoms with E-state index in [1.54, 1.807) is 7.05 Å². The Bertz CT molecular complexity index is 304. The smallest absolute Gasteiger partial charge is 0.407 e. The summed E-state index contributed by atoms with van der Waals surface area (Å²) in [6.45, 7) is 2.67. The molecule has 4 nitrogen and oxygen atoms in total. The van der Waals surface area contributed by atoms with Crippen molar-refractivity contribution in [1.82, 2.24) is 5.32 Å². The molecule has 5 heteroatoms. The number of amides is 1. The molecule has 0 aromatic rings. The molecule has 0 spiro atoms. The van der Waals surface area contributed by atoms with Gasteiger partial charge in [0.2, 0.25) is 0 Å². The fourth-order valence-electron chi connectivity index (χ4n) is 2.97. The maximum atomic E-state index is 11.2. The first-order valence-corrected chi connectivity index (χ1v) is 12.1. The molecule has 0 aliphatic rings. The van der Waals surface area contributed by atoms with Crippen LogP contribution in [0.25, 0.3) is 0 Å². The fraction of sp³-hybridized carbons (Fsp3) is 0.952. The Morgan fingerprint density at radius 3 is 1.77 bits per heavy atom. The summed E-state index contributed by atoms with van der Waals surface area (Å²) < 4.78 is 5.18. The molecule has 26 heavy (non-hydrogen) atoms. The molecule has 0 radical (unpaired) electrons. The molecular formula is C21H44N2O2S. The van der Waals surface area contributed by atoms with Crippen LogP contribution in [-0.2, 0) is 4.74 Å². The summed E-state index contributed by atoms with van der Waals surface area (Å²) in [5.41, 5.74) is 5.62. The number of hydrogen-bond donors (Lipinski definition) is 2. The Labute approximate surface area is 166 Å². The Morgan fingerprint density at radius 2 is 1.35 bits per heavy atom. The first-order valence-electron chi connectivity index (χ1n) is 10.9. The summed E-state index contributed by atoms with van der Waals surface area (Å²) in [6.07, 6.45) is 18.9. The number of unbranched alkanes of at least 4 members (excludes halogenated alkanes) is 13. The van der Waals surface area contributed by atoms with Gasteiger partial charge in [-0.3, -0.25) is 0 Å². The number of carbonyl (C=O) groups is 1. The number of carbonyl (C=O) groups excluding carboxylic acids is 1. The van der Waals surface area contributed by atoms with Gasteiger partial charge < -0.3 is 15.8 Å². The Kier molecular flexibility index (Phi) is 20.5. The zero-order valence-corrected chi connectivity index (χ0v) is 18.2. The lowest BCUT2D eigenvalue weighted by Crippen LogP contribution is -2.33. The third-order valence-corrected chi connectivity index (χ3v) is 5.87. The number of hydrogen-bond acceptors (Lipinski definition) is 4.